The van der Waals surface area contributed by atoms with Crippen LogP contribution in [0, 0.1) is 5.92 Å². The number of pyridine rings is 3. The summed E-state index contributed by atoms with van der Waals surface area (Å²) in [5.41, 5.74) is 9.99. The molecule has 1 fully saturated rings. The van der Waals surface area contributed by atoms with Crippen molar-refractivity contribution in [2.75, 3.05) is 22.9 Å². The lowest BCUT2D eigenvalue weighted by Gasteiger charge is -2.11. The second-order valence-corrected chi connectivity index (χ2v) is 7.03. The summed E-state index contributed by atoms with van der Waals surface area (Å²) in [6, 6.07) is 3.65. The van der Waals surface area contributed by atoms with Crippen LogP contribution in [0.4, 0.5) is 21.7 Å². The molecule has 5 N–H and O–H groups in total. The van der Waals surface area contributed by atoms with Crippen molar-refractivity contribution in [2.24, 2.45) is 5.92 Å². The number of hydrogen-bond acceptors (Lipinski definition) is 7. The van der Waals surface area contributed by atoms with Crippen molar-refractivity contribution < 1.29 is 19.1 Å². The molecular formula is C20H19FN6O3. The van der Waals surface area contributed by atoms with Crippen LogP contribution in [0.3, 0.4) is 0 Å². The Balaban J connectivity index is 0.000000687. The highest BCUT2D eigenvalue weighted by molar-refractivity contribution is 5.98. The van der Waals surface area contributed by atoms with E-state index in [-0.39, 0.29) is 18.8 Å². The standard InChI is InChI=1S/C19H17FN6O.CH2O2/c20-14-5-11(14)19(27)26-17-4-9-3-15(25-18(21)12(9)7-24-17)13-6-22-8-16-10(13)1-2-23-16;2-1-3/h3-4,6-8,11,14,23H,1-2,5H2,(H2,21,25)(H,24,26,27);1H,(H,2,3). The fraction of sp³-hybridized carbons (Fsp3) is 0.250. The van der Waals surface area contributed by atoms with Crippen LogP contribution in [-0.4, -0.2) is 45.2 Å². The van der Waals surface area contributed by atoms with Gasteiger partial charge in [0.05, 0.1) is 23.5 Å². The zero-order chi connectivity index (χ0) is 21.3. The maximum Gasteiger partial charge on any atom is 0.290 e. The number of alkyl halides is 1. The zero-order valence-corrected chi connectivity index (χ0v) is 15.8. The summed E-state index contributed by atoms with van der Waals surface area (Å²) in [7, 11) is 0. The molecular weight excluding hydrogens is 391 g/mol. The van der Waals surface area contributed by atoms with Crippen LogP contribution >= 0.6 is 0 Å². The van der Waals surface area contributed by atoms with Gasteiger partial charge >= 0.3 is 0 Å². The van der Waals surface area contributed by atoms with Crippen LogP contribution < -0.4 is 16.4 Å². The molecule has 1 aliphatic carbocycles. The first kappa shape index (κ1) is 19.5. The molecule has 0 bridgehead atoms. The molecule has 1 saturated carbocycles. The van der Waals surface area contributed by atoms with Crippen LogP contribution in [0.5, 0.6) is 0 Å². The molecule has 0 saturated heterocycles. The van der Waals surface area contributed by atoms with E-state index in [9.17, 15) is 9.18 Å². The maximum absolute atomic E-state index is 13.1. The number of carbonyl (C=O) groups excluding carboxylic acids is 1. The van der Waals surface area contributed by atoms with E-state index in [1.165, 1.54) is 5.56 Å². The van der Waals surface area contributed by atoms with Gasteiger partial charge < -0.3 is 21.5 Å². The Morgan fingerprint density at radius 2 is 2.10 bits per heavy atom. The molecule has 4 heterocycles. The van der Waals surface area contributed by atoms with Gasteiger partial charge in [-0.3, -0.25) is 14.6 Å². The summed E-state index contributed by atoms with van der Waals surface area (Å²) in [6.45, 7) is 0.619. The molecule has 2 unspecified atom stereocenters. The lowest BCUT2D eigenvalue weighted by Crippen LogP contribution is -2.15. The Labute approximate surface area is 170 Å². The van der Waals surface area contributed by atoms with Gasteiger partial charge in [-0.15, -0.1) is 0 Å². The van der Waals surface area contributed by atoms with E-state index in [0.29, 0.717) is 17.0 Å². The van der Waals surface area contributed by atoms with Gasteiger partial charge in [0.1, 0.15) is 17.8 Å². The second-order valence-electron chi connectivity index (χ2n) is 7.03. The smallest absolute Gasteiger partial charge is 0.290 e. The van der Waals surface area contributed by atoms with Gasteiger partial charge in [0.15, 0.2) is 0 Å². The predicted molar refractivity (Wildman–Crippen MR) is 110 cm³/mol. The lowest BCUT2D eigenvalue weighted by atomic mass is 10.0. The molecule has 5 rings (SSSR count). The number of nitrogen functional groups attached to an aromatic ring is 1. The molecule has 3 aromatic rings. The minimum Gasteiger partial charge on any atom is -0.483 e. The first-order valence-electron chi connectivity index (χ1n) is 9.32. The monoisotopic (exact) mass is 410 g/mol. The quantitative estimate of drug-likeness (QED) is 0.481. The Morgan fingerprint density at radius 1 is 1.33 bits per heavy atom. The Morgan fingerprint density at radius 3 is 2.83 bits per heavy atom. The van der Waals surface area contributed by atoms with Crippen molar-refractivity contribution in [1.82, 2.24) is 15.0 Å². The number of fused-ring (bicyclic) bond motifs is 2. The van der Waals surface area contributed by atoms with E-state index < -0.39 is 12.1 Å². The average Bonchev–Trinajstić information content (AvgIpc) is 3.26. The molecule has 0 radical (unpaired) electrons. The number of halogens is 1. The van der Waals surface area contributed by atoms with E-state index in [2.05, 4.69) is 25.6 Å². The van der Waals surface area contributed by atoms with E-state index in [4.69, 9.17) is 15.6 Å². The first-order valence-corrected chi connectivity index (χ1v) is 9.32. The van der Waals surface area contributed by atoms with E-state index >= 15 is 0 Å². The molecule has 10 heteroatoms. The molecule has 0 aromatic carbocycles. The molecule has 0 spiro atoms. The summed E-state index contributed by atoms with van der Waals surface area (Å²) < 4.78 is 13.1. The first-order chi connectivity index (χ1) is 14.5. The van der Waals surface area contributed by atoms with Crippen molar-refractivity contribution in [3.05, 3.63) is 36.3 Å². The molecule has 1 amide bonds. The van der Waals surface area contributed by atoms with Crippen molar-refractivity contribution in [1.29, 1.82) is 0 Å². The van der Waals surface area contributed by atoms with Crippen LogP contribution in [0.15, 0.2) is 30.7 Å². The number of nitrogens with two attached hydrogens (primary N) is 1. The summed E-state index contributed by atoms with van der Waals surface area (Å²) in [5.74, 6) is -0.164. The van der Waals surface area contributed by atoms with E-state index in [1.807, 2.05) is 12.3 Å². The Bertz CT molecular complexity index is 1140. The highest BCUT2D eigenvalue weighted by atomic mass is 19.1. The van der Waals surface area contributed by atoms with Crippen LogP contribution in [0.1, 0.15) is 12.0 Å². The average molecular weight is 410 g/mol. The number of rotatable bonds is 3. The van der Waals surface area contributed by atoms with E-state index in [1.54, 1.807) is 18.5 Å². The summed E-state index contributed by atoms with van der Waals surface area (Å²) in [5, 5.41) is 14.4. The molecule has 2 aliphatic rings. The van der Waals surface area contributed by atoms with Crippen LogP contribution in [0.2, 0.25) is 0 Å². The second kappa shape index (κ2) is 7.90. The summed E-state index contributed by atoms with van der Waals surface area (Å²) >= 11 is 0. The Kier molecular flexibility index (Phi) is 5.13. The largest absolute Gasteiger partial charge is 0.483 e. The number of carbonyl (C=O) groups is 2. The van der Waals surface area contributed by atoms with E-state index in [0.717, 1.165) is 35.3 Å². The number of nitrogens with zero attached hydrogens (tertiary/aromatic N) is 3. The number of carboxylic acid groups (broad SMARTS) is 1. The van der Waals surface area contributed by atoms with Crippen molar-refractivity contribution in [3.8, 4) is 11.3 Å². The topological polar surface area (TPSA) is 143 Å². The molecule has 2 atom stereocenters. The van der Waals surface area contributed by atoms with Crippen LogP contribution in [-0.2, 0) is 16.0 Å². The van der Waals surface area contributed by atoms with Gasteiger partial charge in [0.2, 0.25) is 5.91 Å². The maximum atomic E-state index is 13.1. The van der Waals surface area contributed by atoms with Crippen molar-refractivity contribution in [3.63, 3.8) is 0 Å². The zero-order valence-electron chi connectivity index (χ0n) is 15.8. The van der Waals surface area contributed by atoms with Gasteiger partial charge in [-0.2, -0.15) is 0 Å². The number of anilines is 3. The number of amides is 1. The molecule has 9 nitrogen and oxygen atoms in total. The third-order valence-corrected chi connectivity index (χ3v) is 5.07. The van der Waals surface area contributed by atoms with Gasteiger partial charge in [-0.05, 0) is 35.9 Å². The third kappa shape index (κ3) is 3.71. The number of nitrogens with one attached hydrogen (secondary N) is 2. The molecule has 3 aromatic heterocycles. The predicted octanol–water partition coefficient (Wildman–Crippen LogP) is 2.24. The lowest BCUT2D eigenvalue weighted by molar-refractivity contribution is -0.123. The molecule has 154 valence electrons. The van der Waals surface area contributed by atoms with Gasteiger partial charge in [0, 0.05) is 29.9 Å². The number of aromatic nitrogens is 3. The third-order valence-electron chi connectivity index (χ3n) is 5.07. The number of hydrogen-bond donors (Lipinski definition) is 4. The highest BCUT2D eigenvalue weighted by Gasteiger charge is 2.43. The SMILES string of the molecule is Nc1nc(-c2cncc3c2CCN3)cc2cc(NC(=O)C3CC3F)ncc12.O=CO. The Hall–Kier alpha value is -3.82. The fourth-order valence-corrected chi connectivity index (χ4v) is 3.49. The molecule has 30 heavy (non-hydrogen) atoms. The van der Waals surface area contributed by atoms with Gasteiger partial charge in [0.25, 0.3) is 6.47 Å². The normalized spacial score (nSPS) is 18.6. The van der Waals surface area contributed by atoms with Crippen molar-refractivity contribution >= 4 is 40.5 Å². The van der Waals surface area contributed by atoms with Gasteiger partial charge in [-0.25, -0.2) is 14.4 Å². The van der Waals surface area contributed by atoms with Crippen molar-refractivity contribution in [2.45, 2.75) is 19.0 Å². The minimum absolute atomic E-state index is 0.250. The fourth-order valence-electron chi connectivity index (χ4n) is 3.49. The summed E-state index contributed by atoms with van der Waals surface area (Å²) in [4.78, 5) is 33.3. The summed E-state index contributed by atoms with van der Waals surface area (Å²) in [6.07, 6.45) is 5.31. The highest BCUT2D eigenvalue weighted by Crippen LogP contribution is 2.36. The van der Waals surface area contributed by atoms with Gasteiger partial charge in [-0.1, -0.05) is 0 Å². The van der Waals surface area contributed by atoms with Crippen LogP contribution in [0.25, 0.3) is 22.0 Å². The molecule has 1 aliphatic heterocycles. The minimum atomic E-state index is -1.04.